The first-order chi connectivity index (χ1) is 9.08. The van der Waals surface area contributed by atoms with Crippen molar-refractivity contribution in [2.45, 2.75) is 53.0 Å². The first-order valence-corrected chi connectivity index (χ1v) is 8.11. The second kappa shape index (κ2) is 9.73. The van der Waals surface area contributed by atoms with Crippen molar-refractivity contribution < 1.29 is 4.74 Å². The number of hydrogen-bond donors (Lipinski definition) is 1. The second-order valence-electron chi connectivity index (χ2n) is 6.73. The maximum absolute atomic E-state index is 5.74. The van der Waals surface area contributed by atoms with Crippen LogP contribution in [0.25, 0.3) is 0 Å². The molecule has 1 N–H and O–H groups in total. The van der Waals surface area contributed by atoms with Crippen LogP contribution >= 0.6 is 0 Å². The molecule has 0 amide bonds. The van der Waals surface area contributed by atoms with Crippen molar-refractivity contribution in [1.82, 2.24) is 10.2 Å². The van der Waals surface area contributed by atoms with Gasteiger partial charge in [0.25, 0.3) is 0 Å². The Morgan fingerprint density at radius 3 is 2.63 bits per heavy atom. The molecule has 0 aromatic heterocycles. The highest BCUT2D eigenvalue weighted by atomic mass is 16.5. The molecule has 1 atom stereocenters. The van der Waals surface area contributed by atoms with Crippen LogP contribution in [0.15, 0.2) is 0 Å². The Labute approximate surface area is 120 Å². The van der Waals surface area contributed by atoms with Gasteiger partial charge in [0.15, 0.2) is 0 Å². The third-order valence-electron chi connectivity index (χ3n) is 3.71. The number of hydrogen-bond acceptors (Lipinski definition) is 3. The van der Waals surface area contributed by atoms with Crippen LogP contribution < -0.4 is 5.32 Å². The molecule has 0 saturated carbocycles. The van der Waals surface area contributed by atoms with Gasteiger partial charge in [0, 0.05) is 25.7 Å². The molecule has 3 nitrogen and oxygen atoms in total. The van der Waals surface area contributed by atoms with E-state index in [9.17, 15) is 0 Å². The van der Waals surface area contributed by atoms with Crippen molar-refractivity contribution in [2.75, 3.05) is 39.4 Å². The van der Waals surface area contributed by atoms with Crippen LogP contribution in [-0.2, 0) is 4.74 Å². The van der Waals surface area contributed by atoms with Crippen LogP contribution in [0.1, 0.15) is 47.0 Å². The summed E-state index contributed by atoms with van der Waals surface area (Å²) in [6, 6.07) is 0.665. The Hall–Kier alpha value is -0.120. The molecule has 1 aliphatic heterocycles. The average Bonchev–Trinajstić information content (AvgIpc) is 2.53. The largest absolute Gasteiger partial charge is 0.380 e. The van der Waals surface area contributed by atoms with E-state index in [0.29, 0.717) is 6.04 Å². The van der Waals surface area contributed by atoms with Crippen molar-refractivity contribution in [2.24, 2.45) is 11.8 Å². The van der Waals surface area contributed by atoms with Gasteiger partial charge in [0.1, 0.15) is 0 Å². The molecule has 0 radical (unpaired) electrons. The molecule has 1 rings (SSSR count). The molecule has 19 heavy (non-hydrogen) atoms. The molecule has 114 valence electrons. The van der Waals surface area contributed by atoms with Gasteiger partial charge in [-0.2, -0.15) is 0 Å². The molecular weight excluding hydrogens is 236 g/mol. The van der Waals surface area contributed by atoms with Gasteiger partial charge in [-0.15, -0.1) is 0 Å². The number of nitrogens with one attached hydrogen (secondary N) is 1. The van der Waals surface area contributed by atoms with Crippen LogP contribution in [0.4, 0.5) is 0 Å². The Bertz CT molecular complexity index is 219. The van der Waals surface area contributed by atoms with Gasteiger partial charge >= 0.3 is 0 Å². The molecule has 1 aliphatic rings. The highest BCUT2D eigenvalue weighted by Crippen LogP contribution is 2.09. The molecule has 0 aliphatic carbocycles. The van der Waals surface area contributed by atoms with E-state index in [1.54, 1.807) is 0 Å². The molecule has 3 heteroatoms. The van der Waals surface area contributed by atoms with E-state index in [1.165, 1.54) is 38.9 Å². The summed E-state index contributed by atoms with van der Waals surface area (Å²) in [6.07, 6.45) is 3.73. The fraction of sp³-hybridized carbons (Fsp3) is 1.00. The SMILES string of the molecule is CC(C)CCOCCN1CCCNC(CC(C)C)C1. The summed E-state index contributed by atoms with van der Waals surface area (Å²) in [5, 5.41) is 3.68. The van der Waals surface area contributed by atoms with Gasteiger partial charge in [-0.05, 0) is 44.2 Å². The minimum Gasteiger partial charge on any atom is -0.380 e. The summed E-state index contributed by atoms with van der Waals surface area (Å²) in [6.45, 7) is 15.6. The average molecular weight is 270 g/mol. The summed E-state index contributed by atoms with van der Waals surface area (Å²) >= 11 is 0. The Morgan fingerprint density at radius 1 is 1.16 bits per heavy atom. The van der Waals surface area contributed by atoms with Crippen LogP contribution in [0.3, 0.4) is 0 Å². The summed E-state index contributed by atoms with van der Waals surface area (Å²) in [5.74, 6) is 1.53. The van der Waals surface area contributed by atoms with E-state index in [0.717, 1.165) is 31.6 Å². The summed E-state index contributed by atoms with van der Waals surface area (Å²) in [4.78, 5) is 2.57. The van der Waals surface area contributed by atoms with E-state index in [4.69, 9.17) is 4.74 Å². The number of nitrogens with zero attached hydrogens (tertiary/aromatic N) is 1. The van der Waals surface area contributed by atoms with Gasteiger partial charge < -0.3 is 10.1 Å². The topological polar surface area (TPSA) is 24.5 Å². The van der Waals surface area contributed by atoms with Crippen LogP contribution in [0.2, 0.25) is 0 Å². The molecule has 1 unspecified atom stereocenters. The lowest BCUT2D eigenvalue weighted by Gasteiger charge is -2.25. The minimum absolute atomic E-state index is 0.665. The standard InChI is InChI=1S/C16H34N2O/c1-14(2)6-10-19-11-9-18-8-5-7-17-16(13-18)12-15(3)4/h14-17H,5-13H2,1-4H3. The van der Waals surface area contributed by atoms with Gasteiger partial charge in [-0.3, -0.25) is 4.90 Å². The van der Waals surface area contributed by atoms with Gasteiger partial charge in [0.2, 0.25) is 0 Å². The maximum atomic E-state index is 5.74. The number of rotatable bonds is 8. The molecule has 0 aromatic rings. The van der Waals surface area contributed by atoms with E-state index in [2.05, 4.69) is 37.9 Å². The lowest BCUT2D eigenvalue weighted by atomic mass is 10.0. The van der Waals surface area contributed by atoms with E-state index < -0.39 is 0 Å². The fourth-order valence-electron chi connectivity index (χ4n) is 2.62. The van der Waals surface area contributed by atoms with Crippen molar-refractivity contribution in [1.29, 1.82) is 0 Å². The molecule has 1 saturated heterocycles. The molecule has 0 aromatic carbocycles. The van der Waals surface area contributed by atoms with Crippen molar-refractivity contribution in [3.05, 3.63) is 0 Å². The van der Waals surface area contributed by atoms with Crippen molar-refractivity contribution in [3.63, 3.8) is 0 Å². The Balaban J connectivity index is 2.16. The third-order valence-corrected chi connectivity index (χ3v) is 3.71. The summed E-state index contributed by atoms with van der Waals surface area (Å²) in [5.41, 5.74) is 0. The predicted molar refractivity (Wildman–Crippen MR) is 82.6 cm³/mol. The maximum Gasteiger partial charge on any atom is 0.0593 e. The van der Waals surface area contributed by atoms with E-state index in [-0.39, 0.29) is 0 Å². The zero-order valence-electron chi connectivity index (χ0n) is 13.5. The molecule has 0 spiro atoms. The zero-order valence-corrected chi connectivity index (χ0v) is 13.5. The molecule has 0 bridgehead atoms. The Morgan fingerprint density at radius 2 is 1.95 bits per heavy atom. The number of ether oxygens (including phenoxy) is 1. The van der Waals surface area contributed by atoms with Crippen molar-refractivity contribution in [3.8, 4) is 0 Å². The Kier molecular flexibility index (Phi) is 8.67. The van der Waals surface area contributed by atoms with E-state index in [1.807, 2.05) is 0 Å². The monoisotopic (exact) mass is 270 g/mol. The predicted octanol–water partition coefficient (Wildman–Crippen LogP) is 2.76. The summed E-state index contributed by atoms with van der Waals surface area (Å²) < 4.78 is 5.74. The van der Waals surface area contributed by atoms with Gasteiger partial charge in [0.05, 0.1) is 6.61 Å². The minimum atomic E-state index is 0.665. The lowest BCUT2D eigenvalue weighted by molar-refractivity contribution is 0.0947. The molecular formula is C16H34N2O. The molecule has 1 fully saturated rings. The van der Waals surface area contributed by atoms with Crippen LogP contribution in [-0.4, -0.2) is 50.3 Å². The van der Waals surface area contributed by atoms with Crippen LogP contribution in [0.5, 0.6) is 0 Å². The fourth-order valence-corrected chi connectivity index (χ4v) is 2.62. The van der Waals surface area contributed by atoms with Crippen LogP contribution in [0, 0.1) is 11.8 Å². The van der Waals surface area contributed by atoms with Gasteiger partial charge in [-0.25, -0.2) is 0 Å². The summed E-state index contributed by atoms with van der Waals surface area (Å²) in [7, 11) is 0. The normalized spacial score (nSPS) is 22.1. The van der Waals surface area contributed by atoms with Crippen molar-refractivity contribution >= 4 is 0 Å². The highest BCUT2D eigenvalue weighted by Gasteiger charge is 2.18. The second-order valence-corrected chi connectivity index (χ2v) is 6.73. The third kappa shape index (κ3) is 8.61. The molecule has 1 heterocycles. The quantitative estimate of drug-likeness (QED) is 0.686. The first-order valence-electron chi connectivity index (χ1n) is 8.11. The smallest absolute Gasteiger partial charge is 0.0593 e. The zero-order chi connectivity index (χ0) is 14.1. The lowest BCUT2D eigenvalue weighted by Crippen LogP contribution is -2.39. The highest BCUT2D eigenvalue weighted by molar-refractivity contribution is 4.77. The van der Waals surface area contributed by atoms with Gasteiger partial charge in [-0.1, -0.05) is 27.7 Å². The van der Waals surface area contributed by atoms with E-state index >= 15 is 0 Å². The first kappa shape index (κ1) is 16.9.